The second kappa shape index (κ2) is 8.55. The van der Waals surface area contributed by atoms with Gasteiger partial charge in [-0.25, -0.2) is 4.98 Å². The van der Waals surface area contributed by atoms with E-state index in [-0.39, 0.29) is 17.4 Å². The van der Waals surface area contributed by atoms with Crippen LogP contribution in [0.1, 0.15) is 5.56 Å². The van der Waals surface area contributed by atoms with E-state index in [4.69, 9.17) is 17.0 Å². The number of thiocarbonyl (C=S) groups is 1. The lowest BCUT2D eigenvalue weighted by Crippen LogP contribution is -2.35. The number of anilines is 1. The van der Waals surface area contributed by atoms with Gasteiger partial charge in [0.1, 0.15) is 5.75 Å². The van der Waals surface area contributed by atoms with Crippen molar-refractivity contribution >= 4 is 39.7 Å². The molecule has 5 nitrogen and oxygen atoms in total. The first-order valence-corrected chi connectivity index (χ1v) is 9.17. The maximum atomic E-state index is 12.0. The van der Waals surface area contributed by atoms with E-state index in [0.717, 1.165) is 22.6 Å². The number of ether oxygens (including phenoxy) is 1. The fourth-order valence-electron chi connectivity index (χ4n) is 2.31. The topological polar surface area (TPSA) is 63.2 Å². The summed E-state index contributed by atoms with van der Waals surface area (Å²) in [5, 5.41) is 8.42. The van der Waals surface area contributed by atoms with E-state index in [1.165, 1.54) is 11.3 Å². The van der Waals surface area contributed by atoms with Crippen molar-refractivity contribution < 1.29 is 9.53 Å². The van der Waals surface area contributed by atoms with Crippen molar-refractivity contribution in [1.29, 1.82) is 0 Å². The molecule has 0 unspecified atom stereocenters. The highest BCUT2D eigenvalue weighted by atomic mass is 32.1. The van der Waals surface area contributed by atoms with E-state index in [0.29, 0.717) is 5.13 Å². The summed E-state index contributed by atoms with van der Waals surface area (Å²) < 4.78 is 5.15. The number of methoxy groups -OCH3 is 1. The van der Waals surface area contributed by atoms with Crippen LogP contribution in [-0.2, 0) is 11.2 Å². The predicted molar refractivity (Wildman–Crippen MR) is 109 cm³/mol. The molecule has 3 aromatic rings. The van der Waals surface area contributed by atoms with E-state index in [9.17, 15) is 4.79 Å². The Kier molecular flexibility index (Phi) is 5.93. The quantitative estimate of drug-likeness (QED) is 0.655. The number of rotatable bonds is 5. The Labute approximate surface area is 161 Å². The van der Waals surface area contributed by atoms with Crippen molar-refractivity contribution in [2.45, 2.75) is 6.42 Å². The van der Waals surface area contributed by atoms with Crippen molar-refractivity contribution in [3.8, 4) is 17.0 Å². The lowest BCUT2D eigenvalue weighted by molar-refractivity contribution is -0.119. The summed E-state index contributed by atoms with van der Waals surface area (Å²) in [4.78, 5) is 16.5. The number of nitrogens with zero attached hydrogens (tertiary/aromatic N) is 1. The second-order valence-corrected chi connectivity index (χ2v) is 6.70. The van der Waals surface area contributed by atoms with Crippen molar-refractivity contribution in [2.24, 2.45) is 0 Å². The van der Waals surface area contributed by atoms with Gasteiger partial charge < -0.3 is 15.4 Å². The molecule has 1 heterocycles. The monoisotopic (exact) mass is 383 g/mol. The molecule has 1 aromatic heterocycles. The maximum absolute atomic E-state index is 12.0. The number of aromatic nitrogens is 1. The molecule has 7 heteroatoms. The van der Waals surface area contributed by atoms with Crippen LogP contribution in [0.4, 0.5) is 5.13 Å². The van der Waals surface area contributed by atoms with Gasteiger partial charge in [-0.1, -0.05) is 30.3 Å². The minimum absolute atomic E-state index is 0.166. The number of carbonyl (C=O) groups is 1. The third kappa shape index (κ3) is 4.87. The largest absolute Gasteiger partial charge is 0.497 e. The summed E-state index contributed by atoms with van der Waals surface area (Å²) in [6.07, 6.45) is 0.275. The molecule has 3 rings (SSSR count). The smallest absolute Gasteiger partial charge is 0.230 e. The van der Waals surface area contributed by atoms with Gasteiger partial charge in [-0.3, -0.25) is 4.79 Å². The van der Waals surface area contributed by atoms with Crippen LogP contribution >= 0.6 is 23.6 Å². The van der Waals surface area contributed by atoms with Crippen LogP contribution in [0.25, 0.3) is 11.3 Å². The predicted octanol–water partition coefficient (Wildman–Crippen LogP) is 3.87. The Hall–Kier alpha value is -2.77. The van der Waals surface area contributed by atoms with Crippen LogP contribution in [0.15, 0.2) is 60.0 Å². The van der Waals surface area contributed by atoms with Crippen LogP contribution in [0.5, 0.6) is 5.75 Å². The summed E-state index contributed by atoms with van der Waals surface area (Å²) in [7, 11) is 1.63. The van der Waals surface area contributed by atoms with Gasteiger partial charge in [0.05, 0.1) is 19.2 Å². The first-order chi connectivity index (χ1) is 12.6. The first-order valence-electron chi connectivity index (χ1n) is 7.89. The maximum Gasteiger partial charge on any atom is 0.230 e. The van der Waals surface area contributed by atoms with E-state index in [1.54, 1.807) is 7.11 Å². The molecule has 0 radical (unpaired) electrons. The van der Waals surface area contributed by atoms with Crippen LogP contribution in [0, 0.1) is 0 Å². The zero-order chi connectivity index (χ0) is 18.4. The van der Waals surface area contributed by atoms with Crippen molar-refractivity contribution in [2.75, 3.05) is 12.4 Å². The molecule has 0 aliphatic rings. The van der Waals surface area contributed by atoms with Gasteiger partial charge in [-0.15, -0.1) is 11.3 Å². The van der Waals surface area contributed by atoms with Gasteiger partial charge in [0, 0.05) is 10.9 Å². The highest BCUT2D eigenvalue weighted by Gasteiger charge is 2.09. The first kappa shape index (κ1) is 18.0. The summed E-state index contributed by atoms with van der Waals surface area (Å²) in [6, 6.07) is 17.2. The van der Waals surface area contributed by atoms with Gasteiger partial charge in [0.2, 0.25) is 5.91 Å². The Morgan fingerprint density at radius 3 is 2.58 bits per heavy atom. The van der Waals surface area contributed by atoms with E-state index < -0.39 is 0 Å². The van der Waals surface area contributed by atoms with Crippen LogP contribution in [0.3, 0.4) is 0 Å². The fraction of sp³-hybridized carbons (Fsp3) is 0.105. The number of amides is 1. The Balaban J connectivity index is 1.56. The molecule has 0 aliphatic carbocycles. The molecule has 0 fully saturated rings. The van der Waals surface area contributed by atoms with E-state index in [2.05, 4.69) is 15.6 Å². The molecule has 0 aliphatic heterocycles. The van der Waals surface area contributed by atoms with Crippen LogP contribution < -0.4 is 15.4 Å². The van der Waals surface area contributed by atoms with Crippen molar-refractivity contribution in [3.63, 3.8) is 0 Å². The number of nitrogens with one attached hydrogen (secondary N) is 2. The number of hydrogen-bond acceptors (Lipinski definition) is 5. The Morgan fingerprint density at radius 2 is 1.88 bits per heavy atom. The molecule has 2 N–H and O–H groups in total. The molecule has 1 amide bonds. The molecule has 0 atom stereocenters. The standard InChI is InChI=1S/C19H17N3O2S2/c1-24-15-9-7-14(8-10-15)16-12-26-19(20-16)22-18(25)21-17(23)11-13-5-3-2-4-6-13/h2-10,12H,11H2,1H3,(H2,20,21,22,23,25). The minimum Gasteiger partial charge on any atom is -0.497 e. The van der Waals surface area contributed by atoms with Gasteiger partial charge >= 0.3 is 0 Å². The minimum atomic E-state index is -0.166. The van der Waals surface area contributed by atoms with E-state index in [1.807, 2.05) is 60.0 Å². The molecular formula is C19H17N3O2S2. The molecule has 26 heavy (non-hydrogen) atoms. The summed E-state index contributed by atoms with van der Waals surface area (Å²) in [5.41, 5.74) is 2.75. The zero-order valence-corrected chi connectivity index (χ0v) is 15.7. The van der Waals surface area contributed by atoms with Gasteiger partial charge in [-0.05, 0) is 42.0 Å². The van der Waals surface area contributed by atoms with Gasteiger partial charge in [0.15, 0.2) is 10.2 Å². The molecule has 0 saturated carbocycles. The molecule has 0 spiro atoms. The summed E-state index contributed by atoms with van der Waals surface area (Å²) in [6.45, 7) is 0. The fourth-order valence-corrected chi connectivity index (χ4v) is 3.31. The molecule has 132 valence electrons. The Morgan fingerprint density at radius 1 is 1.15 bits per heavy atom. The zero-order valence-electron chi connectivity index (χ0n) is 14.1. The van der Waals surface area contributed by atoms with Crippen molar-refractivity contribution in [1.82, 2.24) is 10.3 Å². The van der Waals surface area contributed by atoms with Crippen molar-refractivity contribution in [3.05, 3.63) is 65.5 Å². The third-order valence-electron chi connectivity index (χ3n) is 3.57. The average molecular weight is 383 g/mol. The Bertz CT molecular complexity index is 893. The molecule has 0 saturated heterocycles. The third-order valence-corrected chi connectivity index (χ3v) is 4.53. The number of thiazole rings is 1. The lowest BCUT2D eigenvalue weighted by Gasteiger charge is -2.07. The van der Waals surface area contributed by atoms with Crippen LogP contribution in [-0.4, -0.2) is 23.1 Å². The SMILES string of the molecule is COc1ccc(-c2csc(NC(=S)NC(=O)Cc3ccccc3)n2)cc1. The lowest BCUT2D eigenvalue weighted by atomic mass is 10.1. The molecular weight excluding hydrogens is 366 g/mol. The summed E-state index contributed by atoms with van der Waals surface area (Å²) in [5.74, 6) is 0.630. The van der Waals surface area contributed by atoms with Crippen LogP contribution in [0.2, 0.25) is 0 Å². The summed E-state index contributed by atoms with van der Waals surface area (Å²) >= 11 is 6.62. The number of hydrogen-bond donors (Lipinski definition) is 2. The molecule has 0 bridgehead atoms. The number of benzene rings is 2. The average Bonchev–Trinajstić information content (AvgIpc) is 3.10. The van der Waals surface area contributed by atoms with Gasteiger partial charge in [0.25, 0.3) is 0 Å². The van der Waals surface area contributed by atoms with E-state index >= 15 is 0 Å². The number of carbonyl (C=O) groups excluding carboxylic acids is 1. The highest BCUT2D eigenvalue weighted by Crippen LogP contribution is 2.26. The molecule has 2 aromatic carbocycles. The highest BCUT2D eigenvalue weighted by molar-refractivity contribution is 7.80. The normalized spacial score (nSPS) is 10.2. The second-order valence-electron chi connectivity index (χ2n) is 5.43. The van der Waals surface area contributed by atoms with Gasteiger partial charge in [-0.2, -0.15) is 0 Å².